The molecule has 0 rings (SSSR count). The lowest BCUT2D eigenvalue weighted by Crippen LogP contribution is -2.33. The monoisotopic (exact) mass is 290 g/mol. The minimum Gasteiger partial charge on any atom is -0.393 e. The minimum absolute atomic E-state index is 0.0468. The molecule has 0 saturated carbocycles. The summed E-state index contributed by atoms with van der Waals surface area (Å²) in [6.07, 6.45) is 3.18. The maximum atomic E-state index is 5.75. The first-order valence-electron chi connectivity index (χ1n) is 6.94. The second kappa shape index (κ2) is 10.5. The summed E-state index contributed by atoms with van der Waals surface area (Å²) in [5.74, 6) is 0. The van der Waals surface area contributed by atoms with Crippen LogP contribution in [-0.4, -0.2) is 57.0 Å². The molecule has 0 aliphatic carbocycles. The zero-order chi connectivity index (χ0) is 14.7. The highest BCUT2D eigenvalue weighted by Gasteiger charge is 2.20. The van der Waals surface area contributed by atoms with Gasteiger partial charge in [0.05, 0.1) is 11.6 Å². The van der Waals surface area contributed by atoms with Gasteiger partial charge in [0.1, 0.15) is 0 Å². The van der Waals surface area contributed by atoms with Gasteiger partial charge in [0.25, 0.3) is 0 Å². The standard InChI is InChI=1S/C14H30N2O2S/c1-14(2,13(15)19)7-5-8-16(10-12-18-4)9-6-11-17-3/h5-12H2,1-4H3,(H2,15,19). The molecule has 19 heavy (non-hydrogen) atoms. The van der Waals surface area contributed by atoms with Crippen molar-refractivity contribution in [2.45, 2.75) is 33.1 Å². The summed E-state index contributed by atoms with van der Waals surface area (Å²) >= 11 is 5.09. The Morgan fingerprint density at radius 2 is 1.63 bits per heavy atom. The van der Waals surface area contributed by atoms with Crippen LogP contribution in [0.3, 0.4) is 0 Å². The van der Waals surface area contributed by atoms with Gasteiger partial charge in [-0.3, -0.25) is 0 Å². The number of hydrogen-bond acceptors (Lipinski definition) is 4. The molecule has 5 heteroatoms. The molecule has 4 nitrogen and oxygen atoms in total. The molecule has 0 fully saturated rings. The molecular weight excluding hydrogens is 260 g/mol. The molecule has 0 aromatic heterocycles. The lowest BCUT2D eigenvalue weighted by molar-refractivity contribution is 0.130. The fraction of sp³-hybridized carbons (Fsp3) is 0.929. The fourth-order valence-corrected chi connectivity index (χ4v) is 1.96. The summed E-state index contributed by atoms with van der Waals surface area (Å²) in [5, 5.41) is 0. The maximum Gasteiger partial charge on any atom is 0.0784 e. The molecule has 0 radical (unpaired) electrons. The van der Waals surface area contributed by atoms with Crippen LogP contribution < -0.4 is 5.73 Å². The lowest BCUT2D eigenvalue weighted by atomic mass is 9.88. The Morgan fingerprint density at radius 3 is 2.16 bits per heavy atom. The topological polar surface area (TPSA) is 47.7 Å². The van der Waals surface area contributed by atoms with Crippen molar-refractivity contribution in [2.24, 2.45) is 11.1 Å². The van der Waals surface area contributed by atoms with Crippen molar-refractivity contribution in [2.75, 3.05) is 47.1 Å². The fourth-order valence-electron chi connectivity index (χ4n) is 1.86. The van der Waals surface area contributed by atoms with E-state index >= 15 is 0 Å². The van der Waals surface area contributed by atoms with E-state index in [4.69, 9.17) is 27.4 Å². The zero-order valence-corrected chi connectivity index (χ0v) is 13.7. The van der Waals surface area contributed by atoms with Gasteiger partial charge in [-0.2, -0.15) is 0 Å². The molecule has 0 saturated heterocycles. The molecule has 0 aromatic rings. The average Bonchev–Trinajstić information content (AvgIpc) is 2.35. The number of methoxy groups -OCH3 is 2. The highest BCUT2D eigenvalue weighted by molar-refractivity contribution is 7.80. The van der Waals surface area contributed by atoms with E-state index < -0.39 is 0 Å². The van der Waals surface area contributed by atoms with Crippen LogP contribution in [0, 0.1) is 5.41 Å². The van der Waals surface area contributed by atoms with Crippen LogP contribution >= 0.6 is 12.2 Å². The summed E-state index contributed by atoms with van der Waals surface area (Å²) < 4.78 is 10.2. The third-order valence-electron chi connectivity index (χ3n) is 3.38. The van der Waals surface area contributed by atoms with Crippen LogP contribution in [0.2, 0.25) is 0 Å². The van der Waals surface area contributed by atoms with Gasteiger partial charge in [0.15, 0.2) is 0 Å². The van der Waals surface area contributed by atoms with Gasteiger partial charge < -0.3 is 20.1 Å². The Hall–Kier alpha value is -0.230. The van der Waals surface area contributed by atoms with Gasteiger partial charge in [-0.15, -0.1) is 0 Å². The van der Waals surface area contributed by atoms with Crippen LogP contribution in [-0.2, 0) is 9.47 Å². The highest BCUT2D eigenvalue weighted by Crippen LogP contribution is 2.22. The van der Waals surface area contributed by atoms with Crippen molar-refractivity contribution < 1.29 is 9.47 Å². The Bertz CT molecular complexity index is 248. The van der Waals surface area contributed by atoms with E-state index in [0.29, 0.717) is 4.99 Å². The largest absolute Gasteiger partial charge is 0.393 e. The van der Waals surface area contributed by atoms with Crippen molar-refractivity contribution in [1.82, 2.24) is 4.90 Å². The van der Waals surface area contributed by atoms with Crippen LogP contribution in [0.15, 0.2) is 0 Å². The Morgan fingerprint density at radius 1 is 1.05 bits per heavy atom. The molecule has 0 heterocycles. The van der Waals surface area contributed by atoms with Crippen LogP contribution in [0.1, 0.15) is 33.1 Å². The molecule has 0 atom stereocenters. The van der Waals surface area contributed by atoms with Crippen molar-refractivity contribution in [3.8, 4) is 0 Å². The second-order valence-electron chi connectivity index (χ2n) is 5.53. The molecule has 114 valence electrons. The lowest BCUT2D eigenvalue weighted by Gasteiger charge is -2.26. The number of ether oxygens (including phenoxy) is 2. The summed E-state index contributed by atoms with van der Waals surface area (Å²) in [4.78, 5) is 3.02. The van der Waals surface area contributed by atoms with E-state index in [0.717, 1.165) is 52.1 Å². The van der Waals surface area contributed by atoms with E-state index in [1.54, 1.807) is 14.2 Å². The molecule has 0 bridgehead atoms. The number of nitrogens with two attached hydrogens (primary N) is 1. The summed E-state index contributed by atoms with van der Waals surface area (Å²) in [7, 11) is 3.48. The van der Waals surface area contributed by atoms with Crippen molar-refractivity contribution in [1.29, 1.82) is 0 Å². The molecule has 0 unspecified atom stereocenters. The van der Waals surface area contributed by atoms with Crippen LogP contribution in [0.4, 0.5) is 0 Å². The number of thiocarbonyl (C=S) groups is 1. The van der Waals surface area contributed by atoms with Crippen molar-refractivity contribution in [3.63, 3.8) is 0 Å². The second-order valence-corrected chi connectivity index (χ2v) is 5.97. The average molecular weight is 290 g/mol. The molecule has 0 spiro atoms. The highest BCUT2D eigenvalue weighted by atomic mass is 32.1. The molecule has 0 aliphatic rings. The third-order valence-corrected chi connectivity index (χ3v) is 3.93. The number of hydrogen-bond donors (Lipinski definition) is 1. The summed E-state index contributed by atoms with van der Waals surface area (Å²) in [6.45, 7) is 8.87. The molecular formula is C14H30N2O2S. The third kappa shape index (κ3) is 9.32. The van der Waals surface area contributed by atoms with Gasteiger partial charge in [0.2, 0.25) is 0 Å². The van der Waals surface area contributed by atoms with Crippen LogP contribution in [0.5, 0.6) is 0 Å². The van der Waals surface area contributed by atoms with E-state index in [9.17, 15) is 0 Å². The van der Waals surface area contributed by atoms with Gasteiger partial charge >= 0.3 is 0 Å². The summed E-state index contributed by atoms with van der Waals surface area (Å²) in [6, 6.07) is 0. The predicted molar refractivity (Wildman–Crippen MR) is 84.6 cm³/mol. The van der Waals surface area contributed by atoms with Gasteiger partial charge in [-0.25, -0.2) is 0 Å². The van der Waals surface area contributed by atoms with Gasteiger partial charge in [-0.05, 0) is 25.8 Å². The number of nitrogens with zero attached hydrogens (tertiary/aromatic N) is 1. The Labute approximate surface area is 123 Å². The quantitative estimate of drug-likeness (QED) is 0.440. The molecule has 2 N–H and O–H groups in total. The predicted octanol–water partition coefficient (Wildman–Crippen LogP) is 2.06. The molecule has 0 aliphatic heterocycles. The van der Waals surface area contributed by atoms with E-state index in [1.165, 1.54) is 0 Å². The van der Waals surface area contributed by atoms with Crippen LogP contribution in [0.25, 0.3) is 0 Å². The summed E-state index contributed by atoms with van der Waals surface area (Å²) in [5.41, 5.74) is 5.70. The normalized spacial score (nSPS) is 12.1. The van der Waals surface area contributed by atoms with Gasteiger partial charge in [0, 0.05) is 39.3 Å². The van der Waals surface area contributed by atoms with Gasteiger partial charge in [-0.1, -0.05) is 26.1 Å². The first kappa shape index (κ1) is 18.8. The Balaban J connectivity index is 3.99. The van der Waals surface area contributed by atoms with E-state index in [2.05, 4.69) is 18.7 Å². The first-order valence-corrected chi connectivity index (χ1v) is 7.35. The van der Waals surface area contributed by atoms with E-state index in [1.807, 2.05) is 0 Å². The van der Waals surface area contributed by atoms with Crippen molar-refractivity contribution >= 4 is 17.2 Å². The zero-order valence-electron chi connectivity index (χ0n) is 12.9. The smallest absolute Gasteiger partial charge is 0.0784 e. The Kier molecular flexibility index (Phi) is 10.4. The van der Waals surface area contributed by atoms with Crippen molar-refractivity contribution in [3.05, 3.63) is 0 Å². The van der Waals surface area contributed by atoms with E-state index in [-0.39, 0.29) is 5.41 Å². The molecule has 0 aromatic carbocycles. The SMILES string of the molecule is COCCCN(CCCC(C)(C)C(N)=S)CCOC. The first-order chi connectivity index (χ1) is 8.94. The molecule has 0 amide bonds. The number of rotatable bonds is 12. The minimum atomic E-state index is -0.0468. The maximum absolute atomic E-state index is 5.75.